The lowest BCUT2D eigenvalue weighted by molar-refractivity contribution is -0.138. The zero-order chi connectivity index (χ0) is 15.5. The maximum Gasteiger partial charge on any atom is 0.320 e. The fourth-order valence-corrected chi connectivity index (χ4v) is 1.38. The third-order valence-electron chi connectivity index (χ3n) is 2.24. The van der Waals surface area contributed by atoms with Gasteiger partial charge in [0.25, 0.3) is 0 Å². The molecule has 20 heavy (non-hydrogen) atoms. The van der Waals surface area contributed by atoms with Crippen molar-refractivity contribution in [3.8, 4) is 0 Å². The Morgan fingerprint density at radius 3 is 2.50 bits per heavy atom. The minimum absolute atomic E-state index is 0.188. The number of aliphatic carboxylic acids is 1. The molecule has 1 rings (SSSR count). The third-order valence-corrected chi connectivity index (χ3v) is 2.40. The minimum Gasteiger partial charge on any atom is -0.480 e. The van der Waals surface area contributed by atoms with E-state index in [-0.39, 0.29) is 11.5 Å². The number of hydrogen-bond donors (Lipinski definition) is 5. The summed E-state index contributed by atoms with van der Waals surface area (Å²) in [6, 6.07) is -0.716. The molecule has 0 saturated carbocycles. The van der Waals surface area contributed by atoms with Gasteiger partial charge in [0, 0.05) is 0 Å². The van der Waals surface area contributed by atoms with Gasteiger partial charge in [-0.15, -0.1) is 12.6 Å². The lowest BCUT2D eigenvalue weighted by Gasteiger charge is -2.03. The van der Waals surface area contributed by atoms with E-state index in [4.69, 9.17) is 16.6 Å². The van der Waals surface area contributed by atoms with Crippen molar-refractivity contribution in [2.45, 2.75) is 38.6 Å². The zero-order valence-electron chi connectivity index (χ0n) is 11.4. The van der Waals surface area contributed by atoms with Crippen LogP contribution < -0.4 is 11.5 Å². The molecule has 0 bridgehead atoms. The molecule has 0 aliphatic rings. The molecule has 0 unspecified atom stereocenters. The van der Waals surface area contributed by atoms with Crippen molar-refractivity contribution in [1.29, 1.82) is 0 Å². The number of H-pyrrole nitrogens is 1. The Hall–Kier alpha value is -1.45. The Balaban J connectivity index is 0.000000361. The van der Waals surface area contributed by atoms with Crippen LogP contribution in [0.3, 0.4) is 0 Å². The first-order valence-electron chi connectivity index (χ1n) is 6.15. The van der Waals surface area contributed by atoms with Crippen molar-refractivity contribution < 1.29 is 14.7 Å². The van der Waals surface area contributed by atoms with Crippen LogP contribution in [-0.2, 0) is 16.0 Å². The van der Waals surface area contributed by atoms with Crippen molar-refractivity contribution in [3.05, 3.63) is 11.6 Å². The van der Waals surface area contributed by atoms with Gasteiger partial charge in [0.2, 0.25) is 0 Å². The Labute approximate surface area is 122 Å². The highest BCUT2D eigenvalue weighted by Crippen LogP contribution is 1.97. The van der Waals surface area contributed by atoms with E-state index < -0.39 is 12.0 Å². The number of nitrogens with two attached hydrogens (primary N) is 2. The van der Waals surface area contributed by atoms with Gasteiger partial charge in [-0.1, -0.05) is 6.42 Å². The van der Waals surface area contributed by atoms with Crippen LogP contribution in [0.15, 0.2) is 0 Å². The summed E-state index contributed by atoms with van der Waals surface area (Å²) < 4.78 is 0. The molecule has 8 nitrogen and oxygen atoms in total. The molecular formula is C11H21N5O3S. The van der Waals surface area contributed by atoms with Crippen molar-refractivity contribution in [1.82, 2.24) is 15.2 Å². The Kier molecular flexibility index (Phi) is 9.60. The molecule has 0 amide bonds. The van der Waals surface area contributed by atoms with E-state index >= 15 is 0 Å². The second-order valence-electron chi connectivity index (χ2n) is 4.14. The summed E-state index contributed by atoms with van der Waals surface area (Å²) in [6.07, 6.45) is 2.35. The number of unbranched alkanes of at least 4 members (excludes halogenated alkanes) is 1. The second-order valence-corrected chi connectivity index (χ2v) is 4.64. The van der Waals surface area contributed by atoms with Crippen LogP contribution >= 0.6 is 12.6 Å². The van der Waals surface area contributed by atoms with E-state index in [1.807, 2.05) is 0 Å². The maximum atomic E-state index is 10.4. The van der Waals surface area contributed by atoms with Crippen molar-refractivity contribution in [3.63, 3.8) is 0 Å². The first-order chi connectivity index (χ1) is 9.36. The molecule has 1 atom stereocenters. The van der Waals surface area contributed by atoms with Crippen LogP contribution in [0.2, 0.25) is 0 Å². The minimum atomic E-state index is -0.933. The molecule has 0 aliphatic carbocycles. The van der Waals surface area contributed by atoms with Gasteiger partial charge >= 0.3 is 5.97 Å². The average Bonchev–Trinajstić information content (AvgIpc) is 2.74. The van der Waals surface area contributed by atoms with Gasteiger partial charge in [0.1, 0.15) is 11.9 Å². The maximum absolute atomic E-state index is 10.4. The molecule has 0 spiro atoms. The predicted octanol–water partition coefficient (Wildman–Crippen LogP) is -0.361. The van der Waals surface area contributed by atoms with Crippen molar-refractivity contribution >= 4 is 23.7 Å². The van der Waals surface area contributed by atoms with E-state index in [2.05, 4.69) is 27.8 Å². The number of nitrogens with one attached hydrogen (secondary N) is 1. The third kappa shape index (κ3) is 9.48. The van der Waals surface area contributed by atoms with Gasteiger partial charge in [-0.2, -0.15) is 5.10 Å². The topological polar surface area (TPSA) is 148 Å². The molecule has 1 aromatic heterocycles. The number of aryl methyl sites for hydroxylation is 1. The first kappa shape index (κ1) is 18.6. The zero-order valence-corrected chi connectivity index (χ0v) is 12.3. The Morgan fingerprint density at radius 2 is 2.10 bits per heavy atom. The van der Waals surface area contributed by atoms with Crippen LogP contribution in [0.5, 0.6) is 0 Å². The highest BCUT2D eigenvalue weighted by molar-refractivity contribution is 7.96. The van der Waals surface area contributed by atoms with Crippen LogP contribution in [0, 0.1) is 6.92 Å². The molecule has 0 aromatic carbocycles. The highest BCUT2D eigenvalue weighted by atomic mass is 32.1. The number of aromatic amines is 1. The van der Waals surface area contributed by atoms with Gasteiger partial charge in [-0.05, 0) is 26.3 Å². The number of nitrogens with zero attached hydrogens (tertiary/aromatic N) is 2. The fourth-order valence-electron chi connectivity index (χ4n) is 1.24. The summed E-state index contributed by atoms with van der Waals surface area (Å²) in [5.74, 6) is 0.277. The number of carbonyl (C=O) groups is 2. The molecule has 6 N–H and O–H groups in total. The highest BCUT2D eigenvalue weighted by Gasteiger charge is 2.09. The normalized spacial score (nSPS) is 11.4. The van der Waals surface area contributed by atoms with Gasteiger partial charge in [0.15, 0.2) is 10.9 Å². The van der Waals surface area contributed by atoms with E-state index in [1.54, 1.807) is 6.92 Å². The monoisotopic (exact) mass is 303 g/mol. The predicted molar refractivity (Wildman–Crippen MR) is 77.3 cm³/mol. The van der Waals surface area contributed by atoms with E-state index in [1.165, 1.54) is 0 Å². The van der Waals surface area contributed by atoms with E-state index in [0.29, 0.717) is 24.6 Å². The number of rotatable bonds is 7. The number of aromatic nitrogens is 3. The summed E-state index contributed by atoms with van der Waals surface area (Å²) in [4.78, 5) is 24.4. The molecule has 0 aliphatic heterocycles. The fraction of sp³-hybridized carbons (Fsp3) is 0.636. The number of carbonyl (C=O) groups excluding carboxylic acids is 1. The molecule has 0 saturated heterocycles. The van der Waals surface area contributed by atoms with Crippen LogP contribution in [0.1, 0.15) is 30.9 Å². The van der Waals surface area contributed by atoms with Gasteiger partial charge < -0.3 is 16.6 Å². The lowest BCUT2D eigenvalue weighted by atomic mass is 10.1. The van der Waals surface area contributed by atoms with Gasteiger partial charge in [-0.3, -0.25) is 14.7 Å². The standard InChI is InChI=1S/C6H14N2O2.C5H7N3OS/c7-4-2-1-3-5(8)6(9)10;1-3-6-4(8-7-3)2-5(9)10/h5H,1-4,7-8H2,(H,9,10);2H2,1H3,(H,9,10)(H,6,7,8)/t5-;/m0./s1. The summed E-state index contributed by atoms with van der Waals surface area (Å²) in [7, 11) is 0. The second kappa shape index (κ2) is 10.4. The van der Waals surface area contributed by atoms with Gasteiger partial charge in [0.05, 0.1) is 6.42 Å². The molecule has 9 heteroatoms. The number of thiol groups is 1. The Bertz CT molecular complexity index is 424. The number of carboxylic acids is 1. The van der Waals surface area contributed by atoms with Crippen LogP contribution in [0.25, 0.3) is 0 Å². The quantitative estimate of drug-likeness (QED) is 0.341. The summed E-state index contributed by atoms with van der Waals surface area (Å²) in [6.45, 7) is 2.38. The molecule has 0 radical (unpaired) electrons. The lowest BCUT2D eigenvalue weighted by Crippen LogP contribution is -2.29. The molecule has 0 fully saturated rings. The number of carboxylic acid groups (broad SMARTS) is 1. The number of hydrogen-bond acceptors (Lipinski definition) is 6. The van der Waals surface area contributed by atoms with Gasteiger partial charge in [-0.25, -0.2) is 4.98 Å². The molecule has 1 aromatic rings. The van der Waals surface area contributed by atoms with E-state index in [0.717, 1.165) is 12.8 Å². The molecule has 114 valence electrons. The van der Waals surface area contributed by atoms with Crippen LogP contribution in [-0.4, -0.2) is 44.0 Å². The van der Waals surface area contributed by atoms with Crippen molar-refractivity contribution in [2.75, 3.05) is 6.54 Å². The van der Waals surface area contributed by atoms with E-state index in [9.17, 15) is 9.59 Å². The SMILES string of the molecule is Cc1nc(CC(=O)S)n[nH]1.NCCCC[C@H](N)C(=O)O. The average molecular weight is 303 g/mol. The van der Waals surface area contributed by atoms with Crippen molar-refractivity contribution in [2.24, 2.45) is 11.5 Å². The summed E-state index contributed by atoms with van der Waals surface area (Å²) >= 11 is 3.59. The molecular weight excluding hydrogens is 282 g/mol. The Morgan fingerprint density at radius 1 is 1.45 bits per heavy atom. The summed E-state index contributed by atoms with van der Waals surface area (Å²) in [5, 5.41) is 14.5. The smallest absolute Gasteiger partial charge is 0.320 e. The largest absolute Gasteiger partial charge is 0.480 e. The first-order valence-corrected chi connectivity index (χ1v) is 6.59. The molecule has 1 heterocycles. The van der Waals surface area contributed by atoms with Crippen LogP contribution in [0.4, 0.5) is 0 Å². The summed E-state index contributed by atoms with van der Waals surface area (Å²) in [5.41, 5.74) is 10.4.